The van der Waals surface area contributed by atoms with Crippen LogP contribution in [0.4, 0.5) is 0 Å². The van der Waals surface area contributed by atoms with Gasteiger partial charge in [0.15, 0.2) is 12.2 Å². The minimum Gasteiger partial charge on any atom is -0.462 e. The van der Waals surface area contributed by atoms with E-state index < -0.39 is 97.5 Å². The summed E-state index contributed by atoms with van der Waals surface area (Å²) in [6.45, 7) is 11.7. The monoisotopic (exact) mass is 1230 g/mol. The normalized spacial score (nSPS) is 15.0. The van der Waals surface area contributed by atoms with Crippen molar-refractivity contribution in [2.45, 2.75) is 330 Å². The van der Waals surface area contributed by atoms with Crippen molar-refractivity contribution in [3.8, 4) is 0 Å². The molecule has 0 fully saturated rings. The first kappa shape index (κ1) is 81.1. The number of carbonyl (C=O) groups excluding carboxylic acids is 4. The Bertz CT molecular complexity index is 1650. The highest BCUT2D eigenvalue weighted by molar-refractivity contribution is 7.47. The van der Waals surface area contributed by atoms with Crippen LogP contribution in [0.15, 0.2) is 0 Å². The number of rotatable bonds is 62. The number of aliphatic hydroxyl groups excluding tert-OH is 1. The maximum atomic E-state index is 13.0. The highest BCUT2D eigenvalue weighted by Gasteiger charge is 2.30. The van der Waals surface area contributed by atoms with Crippen LogP contribution in [0.2, 0.25) is 0 Å². The van der Waals surface area contributed by atoms with E-state index in [9.17, 15) is 43.2 Å². The quantitative estimate of drug-likeness (QED) is 0.0222. The van der Waals surface area contributed by atoms with E-state index in [1.165, 1.54) is 116 Å². The van der Waals surface area contributed by atoms with Crippen molar-refractivity contribution in [3.05, 3.63) is 0 Å². The molecular formula is C64H124O17P2. The topological polar surface area (TPSA) is 237 Å². The summed E-state index contributed by atoms with van der Waals surface area (Å²) < 4.78 is 68.0. The second-order valence-electron chi connectivity index (χ2n) is 24.1. The first-order valence-electron chi connectivity index (χ1n) is 33.4. The molecule has 0 spiro atoms. The van der Waals surface area contributed by atoms with Gasteiger partial charge < -0.3 is 33.8 Å². The third-order valence-electron chi connectivity index (χ3n) is 15.4. The molecule has 19 heteroatoms. The van der Waals surface area contributed by atoms with Crippen LogP contribution >= 0.6 is 15.6 Å². The minimum atomic E-state index is -4.95. The predicted molar refractivity (Wildman–Crippen MR) is 331 cm³/mol. The number of aliphatic hydroxyl groups is 1. The Hall–Kier alpha value is -1.94. The van der Waals surface area contributed by atoms with Gasteiger partial charge in [-0.25, -0.2) is 9.13 Å². The molecule has 0 aliphatic carbocycles. The molecule has 0 aliphatic heterocycles. The number of esters is 4. The van der Waals surface area contributed by atoms with Gasteiger partial charge in [0.2, 0.25) is 0 Å². The van der Waals surface area contributed by atoms with Crippen LogP contribution in [-0.4, -0.2) is 96.7 Å². The molecule has 0 saturated carbocycles. The molecule has 4 unspecified atom stereocenters. The molecule has 0 saturated heterocycles. The van der Waals surface area contributed by atoms with Crippen molar-refractivity contribution in [1.29, 1.82) is 0 Å². The molecule has 0 aromatic heterocycles. The molecule has 0 bridgehead atoms. The lowest BCUT2D eigenvalue weighted by Crippen LogP contribution is -2.30. The molecule has 0 radical (unpaired) electrons. The van der Waals surface area contributed by atoms with E-state index >= 15 is 0 Å². The number of hydrogen-bond acceptors (Lipinski definition) is 15. The molecule has 0 amide bonds. The number of carbonyl (C=O) groups is 4. The third kappa shape index (κ3) is 56.3. The Morgan fingerprint density at radius 1 is 0.349 bits per heavy atom. The molecule has 7 atom stereocenters. The smallest absolute Gasteiger partial charge is 0.462 e. The number of hydrogen-bond donors (Lipinski definition) is 3. The number of unbranched alkanes of at least 4 members (excludes halogenated alkanes) is 28. The molecule has 3 N–H and O–H groups in total. The van der Waals surface area contributed by atoms with E-state index in [2.05, 4.69) is 48.5 Å². The van der Waals surface area contributed by atoms with Gasteiger partial charge in [0.05, 0.1) is 26.4 Å². The maximum Gasteiger partial charge on any atom is 0.472 e. The van der Waals surface area contributed by atoms with Gasteiger partial charge in [-0.05, 0) is 43.4 Å². The van der Waals surface area contributed by atoms with Crippen molar-refractivity contribution >= 4 is 39.5 Å². The highest BCUT2D eigenvalue weighted by atomic mass is 31.2. The summed E-state index contributed by atoms with van der Waals surface area (Å²) in [5, 5.41) is 10.5. The Morgan fingerprint density at radius 3 is 0.916 bits per heavy atom. The van der Waals surface area contributed by atoms with E-state index in [1.54, 1.807) is 0 Å². The number of phosphoric acid groups is 2. The first-order valence-corrected chi connectivity index (χ1v) is 36.4. The predicted octanol–water partition coefficient (Wildman–Crippen LogP) is 17.5. The van der Waals surface area contributed by atoms with E-state index in [1.807, 2.05) is 0 Å². The summed E-state index contributed by atoms with van der Waals surface area (Å²) in [7, 11) is -9.89. The van der Waals surface area contributed by atoms with Gasteiger partial charge in [-0.3, -0.25) is 37.3 Å². The third-order valence-corrected chi connectivity index (χ3v) is 17.3. The van der Waals surface area contributed by atoms with Crippen LogP contribution in [-0.2, 0) is 65.4 Å². The average Bonchev–Trinajstić information content (AvgIpc) is 3.45. The van der Waals surface area contributed by atoms with Gasteiger partial charge in [-0.15, -0.1) is 0 Å². The second kappa shape index (κ2) is 55.4. The zero-order chi connectivity index (χ0) is 61.7. The summed E-state index contributed by atoms with van der Waals surface area (Å²) in [5.41, 5.74) is 0. The largest absolute Gasteiger partial charge is 0.472 e. The van der Waals surface area contributed by atoms with E-state index in [-0.39, 0.29) is 25.7 Å². The molecule has 492 valence electrons. The maximum absolute atomic E-state index is 13.0. The fourth-order valence-electron chi connectivity index (χ4n) is 9.42. The summed E-state index contributed by atoms with van der Waals surface area (Å²) in [5.74, 6) is 0.0290. The van der Waals surface area contributed by atoms with Crippen molar-refractivity contribution in [2.75, 3.05) is 39.6 Å². The average molecular weight is 1230 g/mol. The fourth-order valence-corrected chi connectivity index (χ4v) is 11.0. The van der Waals surface area contributed by atoms with Crippen LogP contribution in [0, 0.1) is 17.8 Å². The zero-order valence-electron chi connectivity index (χ0n) is 53.6. The molecule has 0 aromatic carbocycles. The lowest BCUT2D eigenvalue weighted by molar-refractivity contribution is -0.161. The van der Waals surface area contributed by atoms with Gasteiger partial charge in [-0.2, -0.15) is 0 Å². The van der Waals surface area contributed by atoms with Crippen LogP contribution in [0.25, 0.3) is 0 Å². The fraction of sp³-hybridized carbons (Fsp3) is 0.938. The molecule has 17 nitrogen and oxygen atoms in total. The molecular weight excluding hydrogens is 1100 g/mol. The van der Waals surface area contributed by atoms with E-state index in [0.717, 1.165) is 108 Å². The second-order valence-corrected chi connectivity index (χ2v) is 27.0. The van der Waals surface area contributed by atoms with E-state index in [0.29, 0.717) is 31.6 Å². The van der Waals surface area contributed by atoms with Crippen LogP contribution in [0.5, 0.6) is 0 Å². The molecule has 0 aromatic rings. The van der Waals surface area contributed by atoms with Crippen molar-refractivity contribution < 1.29 is 80.2 Å². The Kier molecular flexibility index (Phi) is 54.1. The molecule has 0 aliphatic rings. The minimum absolute atomic E-state index is 0.101. The van der Waals surface area contributed by atoms with Crippen LogP contribution in [0.1, 0.15) is 312 Å². The van der Waals surface area contributed by atoms with Gasteiger partial charge >= 0.3 is 39.5 Å². The number of phosphoric ester groups is 2. The van der Waals surface area contributed by atoms with E-state index in [4.69, 9.17) is 37.0 Å². The van der Waals surface area contributed by atoms with Crippen molar-refractivity contribution in [2.24, 2.45) is 17.8 Å². The SMILES string of the molecule is CCCCCCCCCCCCCCC(=O)OC[C@H](COP(=O)(O)OC[C@@H](O)COP(=O)(O)OC[C@@H](COC(=O)CCCCCCCCC(C)C)OC(=O)CCCCCCCCC(C)CC)OC(=O)CCCCCCCCCCC(C)CC. The molecule has 0 heterocycles. The van der Waals surface area contributed by atoms with Crippen LogP contribution < -0.4 is 0 Å². The van der Waals surface area contributed by atoms with Crippen molar-refractivity contribution in [3.63, 3.8) is 0 Å². The molecule has 83 heavy (non-hydrogen) atoms. The van der Waals surface area contributed by atoms with Crippen molar-refractivity contribution in [1.82, 2.24) is 0 Å². The summed E-state index contributed by atoms with van der Waals surface area (Å²) >= 11 is 0. The highest BCUT2D eigenvalue weighted by Crippen LogP contribution is 2.45. The van der Waals surface area contributed by atoms with Gasteiger partial charge in [-0.1, -0.05) is 260 Å². The Labute approximate surface area is 505 Å². The lowest BCUT2D eigenvalue weighted by atomic mass is 9.99. The first-order chi connectivity index (χ1) is 39.8. The van der Waals surface area contributed by atoms with Gasteiger partial charge in [0.1, 0.15) is 19.3 Å². The lowest BCUT2D eigenvalue weighted by Gasteiger charge is -2.21. The standard InChI is InChI=1S/C64H124O17P2/c1-8-11-12-13-14-15-16-17-18-22-31-38-45-61(66)74-51-59(80-63(68)47-40-33-23-20-19-21-29-36-43-56(6)9-2)53-78-82(70,71)76-49-58(65)50-77-83(72,73)79-54-60(52-75-62(67)46-39-32-26-24-28-35-42-55(4)5)81-64(69)48-41-34-27-25-30-37-44-57(7)10-3/h55-60,65H,8-54H2,1-7H3,(H,70,71)(H,72,73)/t56?,57?,58-,59-,60-/m1/s1. The number of ether oxygens (including phenoxy) is 4. The Morgan fingerprint density at radius 2 is 0.614 bits per heavy atom. The van der Waals surface area contributed by atoms with Gasteiger partial charge in [0.25, 0.3) is 0 Å². The molecule has 0 rings (SSSR count). The summed E-state index contributed by atoms with van der Waals surface area (Å²) in [6, 6.07) is 0. The zero-order valence-corrected chi connectivity index (χ0v) is 55.4. The van der Waals surface area contributed by atoms with Crippen LogP contribution in [0.3, 0.4) is 0 Å². The van der Waals surface area contributed by atoms with Gasteiger partial charge in [0, 0.05) is 25.7 Å². The Balaban J connectivity index is 5.26. The summed E-state index contributed by atoms with van der Waals surface area (Å²) in [6.07, 6.45) is 36.3. The summed E-state index contributed by atoms with van der Waals surface area (Å²) in [4.78, 5) is 72.2.